The van der Waals surface area contributed by atoms with E-state index in [9.17, 15) is 18.7 Å². The molecular weight excluding hydrogens is 542 g/mol. The fourth-order valence-electron chi connectivity index (χ4n) is 5.61. The monoisotopic (exact) mass is 584 g/mol. The Kier molecular flexibility index (Phi) is 9.91. The van der Waals surface area contributed by atoms with Gasteiger partial charge in [-0.2, -0.15) is 0 Å². The molecule has 7 nitrogen and oxygen atoms in total. The average Bonchev–Trinajstić information content (AvgIpc) is 3.76. The smallest absolute Gasteiger partial charge is 0.328 e. The van der Waals surface area contributed by atoms with Crippen molar-refractivity contribution < 1.29 is 28.2 Å². The molecule has 2 N–H and O–H groups in total. The first-order chi connectivity index (χ1) is 19.4. The highest BCUT2D eigenvalue weighted by Gasteiger charge is 2.42. The Balaban J connectivity index is 1.62. The second-order valence-corrected chi connectivity index (χ2v) is 13.6. The van der Waals surface area contributed by atoms with E-state index in [2.05, 4.69) is 43.6 Å². The molecule has 1 saturated carbocycles. The summed E-state index contributed by atoms with van der Waals surface area (Å²) in [4.78, 5) is 26.1. The van der Waals surface area contributed by atoms with Crippen molar-refractivity contribution in [2.24, 2.45) is 5.92 Å². The van der Waals surface area contributed by atoms with Crippen molar-refractivity contribution in [2.75, 3.05) is 7.11 Å². The molecule has 2 atom stereocenters. The van der Waals surface area contributed by atoms with Gasteiger partial charge in [0.1, 0.15) is 18.2 Å². The van der Waals surface area contributed by atoms with Crippen LogP contribution in [0.2, 0.25) is 0 Å². The number of halogens is 1. The van der Waals surface area contributed by atoms with Gasteiger partial charge >= 0.3 is 7.60 Å². The first kappa shape index (κ1) is 31.2. The summed E-state index contributed by atoms with van der Waals surface area (Å²) in [5.74, 6) is 0.647. The number of methoxy groups -OCH3 is 1. The largest absolute Gasteiger partial charge is 0.489 e. The van der Waals surface area contributed by atoms with Crippen molar-refractivity contribution in [2.45, 2.75) is 84.3 Å². The number of ether oxygens (including phenoxy) is 2. The molecule has 1 aromatic heterocycles. The van der Waals surface area contributed by atoms with Gasteiger partial charge in [0.15, 0.2) is 0 Å². The lowest BCUT2D eigenvalue weighted by atomic mass is 9.91. The highest BCUT2D eigenvalue weighted by molar-refractivity contribution is 7.52. The Labute approximate surface area is 242 Å². The van der Waals surface area contributed by atoms with Crippen LogP contribution < -0.4 is 9.47 Å². The number of hydrogen-bond acceptors (Lipinski definition) is 5. The second kappa shape index (κ2) is 13.0. The average molecular weight is 585 g/mol. The number of benzene rings is 2. The van der Waals surface area contributed by atoms with E-state index in [-0.39, 0.29) is 23.9 Å². The van der Waals surface area contributed by atoms with Crippen LogP contribution in [0, 0.1) is 11.7 Å². The van der Waals surface area contributed by atoms with Gasteiger partial charge < -0.3 is 19.3 Å². The van der Waals surface area contributed by atoms with Crippen LogP contribution in [0.5, 0.6) is 11.6 Å². The molecule has 1 aliphatic rings. The Hall–Kier alpha value is -2.77. The maximum atomic E-state index is 15.0. The summed E-state index contributed by atoms with van der Waals surface area (Å²) < 4.78 is 38.5. The molecule has 0 spiro atoms. The van der Waals surface area contributed by atoms with Crippen LogP contribution >= 0.6 is 7.60 Å². The minimum Gasteiger partial charge on any atom is -0.489 e. The van der Waals surface area contributed by atoms with Gasteiger partial charge in [0.2, 0.25) is 5.88 Å². The van der Waals surface area contributed by atoms with Crippen molar-refractivity contribution in [3.63, 3.8) is 0 Å². The van der Waals surface area contributed by atoms with Gasteiger partial charge in [-0.05, 0) is 80.8 Å². The minimum absolute atomic E-state index is 0.212. The summed E-state index contributed by atoms with van der Waals surface area (Å²) in [5.41, 5.74) is 3.26. The van der Waals surface area contributed by atoms with Crippen molar-refractivity contribution in [1.29, 1.82) is 0 Å². The Bertz CT molecular complexity index is 1380. The van der Waals surface area contributed by atoms with Gasteiger partial charge in [-0.3, -0.25) is 9.46 Å². The second-order valence-electron chi connectivity index (χ2n) is 11.6. The van der Waals surface area contributed by atoms with Gasteiger partial charge in [-0.1, -0.05) is 37.3 Å². The summed E-state index contributed by atoms with van der Waals surface area (Å²) in [6.07, 6.45) is 3.14. The molecule has 1 aliphatic carbocycles. The van der Waals surface area contributed by atoms with Crippen LogP contribution in [-0.2, 0) is 17.7 Å². The molecule has 0 amide bonds. The summed E-state index contributed by atoms with van der Waals surface area (Å²) in [7, 11) is -2.71. The van der Waals surface area contributed by atoms with Gasteiger partial charge in [-0.25, -0.2) is 9.37 Å². The molecule has 2 aromatic carbocycles. The number of hydrogen-bond donors (Lipinski definition) is 2. The van der Waals surface area contributed by atoms with E-state index in [4.69, 9.17) is 9.47 Å². The predicted molar refractivity (Wildman–Crippen MR) is 160 cm³/mol. The Morgan fingerprint density at radius 1 is 1.02 bits per heavy atom. The summed E-state index contributed by atoms with van der Waals surface area (Å²) >= 11 is 0. The summed E-state index contributed by atoms with van der Waals surface area (Å²) in [6, 6.07) is 15.7. The van der Waals surface area contributed by atoms with E-state index < -0.39 is 19.1 Å². The molecule has 1 fully saturated rings. The van der Waals surface area contributed by atoms with E-state index in [1.807, 2.05) is 36.4 Å². The molecule has 9 heteroatoms. The molecule has 0 radical (unpaired) electrons. The fraction of sp³-hybridized carbons (Fsp3) is 0.469. The van der Waals surface area contributed by atoms with Gasteiger partial charge in [0.05, 0.1) is 19.0 Å². The molecule has 0 bridgehead atoms. The van der Waals surface area contributed by atoms with E-state index in [1.54, 1.807) is 13.0 Å². The normalized spacial score (nSPS) is 15.4. The number of pyridine rings is 1. The molecule has 3 aromatic rings. The molecule has 0 saturated heterocycles. The number of aromatic nitrogens is 1. The minimum atomic E-state index is -4.22. The van der Waals surface area contributed by atoms with E-state index >= 15 is 0 Å². The maximum absolute atomic E-state index is 15.0. The highest BCUT2D eigenvalue weighted by Crippen LogP contribution is 2.55. The molecular formula is C32H42FN2O5P. The van der Waals surface area contributed by atoms with Gasteiger partial charge in [-0.15, -0.1) is 0 Å². The van der Waals surface area contributed by atoms with Crippen LogP contribution in [0.15, 0.2) is 54.7 Å². The van der Waals surface area contributed by atoms with Crippen molar-refractivity contribution in [3.05, 3.63) is 77.2 Å². The third-order valence-electron chi connectivity index (χ3n) is 8.01. The Morgan fingerprint density at radius 2 is 1.73 bits per heavy atom. The molecule has 1 heterocycles. The lowest BCUT2D eigenvalue weighted by Gasteiger charge is -2.31. The molecule has 222 valence electrons. The van der Waals surface area contributed by atoms with Gasteiger partial charge in [0, 0.05) is 36.2 Å². The Morgan fingerprint density at radius 3 is 2.34 bits per heavy atom. The third-order valence-corrected chi connectivity index (χ3v) is 9.39. The van der Waals surface area contributed by atoms with Crippen LogP contribution in [0.3, 0.4) is 0 Å². The summed E-state index contributed by atoms with van der Waals surface area (Å²) in [5, 5.41) is 0. The number of rotatable bonds is 13. The van der Waals surface area contributed by atoms with Crippen LogP contribution in [0.4, 0.5) is 4.39 Å². The molecule has 2 unspecified atom stereocenters. The van der Waals surface area contributed by atoms with Crippen molar-refractivity contribution in [3.8, 4) is 22.8 Å². The van der Waals surface area contributed by atoms with E-state index in [1.165, 1.54) is 13.3 Å². The standard InChI is InChI=1S/C32H42FN2O5P/c1-20(2)35(21(3)4)18-26-14-23(10-13-28(26)29-16-31(39-6)34-17-30(29)33)19-40-27-9-7-8-25(15-27)32(24-11-12-24)22(5)41(36,37)38/h7-10,13-17,20-22,24,32H,11-12,18-19H2,1-6H3,(H2,36,37,38). The SMILES string of the molecule is COc1cc(-c2ccc(COc3cccc(C(C4CC4)C(C)P(=O)(O)O)c3)cc2CN(C(C)C)C(C)C)c(F)cn1. The molecule has 0 aliphatic heterocycles. The third kappa shape index (κ3) is 7.75. The highest BCUT2D eigenvalue weighted by atomic mass is 31.2. The first-order valence-corrected chi connectivity index (χ1v) is 15.9. The quantitative estimate of drug-likeness (QED) is 0.206. The van der Waals surface area contributed by atoms with Crippen LogP contribution in [0.25, 0.3) is 11.1 Å². The summed E-state index contributed by atoms with van der Waals surface area (Å²) in [6.45, 7) is 11.2. The van der Waals surface area contributed by atoms with Crippen LogP contribution in [0.1, 0.15) is 70.1 Å². The molecule has 4 rings (SSSR count). The maximum Gasteiger partial charge on any atom is 0.328 e. The zero-order valence-corrected chi connectivity index (χ0v) is 25.6. The zero-order chi connectivity index (χ0) is 29.9. The lowest BCUT2D eigenvalue weighted by Crippen LogP contribution is -2.36. The predicted octanol–water partition coefficient (Wildman–Crippen LogP) is 7.15. The number of nitrogens with zero attached hydrogens (tertiary/aromatic N) is 2. The zero-order valence-electron chi connectivity index (χ0n) is 24.8. The van der Waals surface area contributed by atoms with E-state index in [0.717, 1.165) is 35.1 Å². The van der Waals surface area contributed by atoms with Crippen molar-refractivity contribution >= 4 is 7.60 Å². The fourth-order valence-corrected chi connectivity index (χ4v) is 6.45. The van der Waals surface area contributed by atoms with Crippen LogP contribution in [-0.4, -0.2) is 44.5 Å². The first-order valence-electron chi connectivity index (χ1n) is 14.2. The van der Waals surface area contributed by atoms with E-state index in [0.29, 0.717) is 30.3 Å². The van der Waals surface area contributed by atoms with Gasteiger partial charge in [0.25, 0.3) is 0 Å². The molecule has 41 heavy (non-hydrogen) atoms. The van der Waals surface area contributed by atoms with Crippen molar-refractivity contribution in [1.82, 2.24) is 9.88 Å². The lowest BCUT2D eigenvalue weighted by molar-refractivity contribution is 0.166. The topological polar surface area (TPSA) is 92.1 Å².